The summed E-state index contributed by atoms with van der Waals surface area (Å²) in [6, 6.07) is 9.48. The quantitative estimate of drug-likeness (QED) is 0.771. The van der Waals surface area contributed by atoms with Crippen LogP contribution in [0.3, 0.4) is 0 Å². The van der Waals surface area contributed by atoms with E-state index < -0.39 is 12.1 Å². The number of halogens is 3. The Bertz CT molecular complexity index is 534. The number of hydrogen-bond donors (Lipinski definition) is 0. The van der Waals surface area contributed by atoms with E-state index in [-0.39, 0.29) is 12.8 Å². The van der Waals surface area contributed by atoms with Gasteiger partial charge in [0.15, 0.2) is 5.88 Å². The molecule has 0 amide bonds. The average molecular weight is 269 g/mol. The van der Waals surface area contributed by atoms with Gasteiger partial charge in [0, 0.05) is 24.5 Å². The molecular formula is C14H14F3NO. The van der Waals surface area contributed by atoms with Gasteiger partial charge in [-0.1, -0.05) is 18.2 Å². The predicted molar refractivity (Wildman–Crippen MR) is 67.2 cm³/mol. The number of rotatable bonds is 1. The molecule has 19 heavy (non-hydrogen) atoms. The molecule has 1 aromatic heterocycles. The van der Waals surface area contributed by atoms with E-state index in [9.17, 15) is 13.2 Å². The molecule has 0 spiro atoms. The lowest BCUT2D eigenvalue weighted by Crippen LogP contribution is -2.38. The van der Waals surface area contributed by atoms with Crippen molar-refractivity contribution in [3.8, 4) is 0 Å². The van der Waals surface area contributed by atoms with Crippen LogP contribution in [0.1, 0.15) is 12.8 Å². The zero-order valence-electron chi connectivity index (χ0n) is 10.3. The van der Waals surface area contributed by atoms with Crippen LogP contribution < -0.4 is 4.90 Å². The first-order valence-electron chi connectivity index (χ1n) is 6.34. The maximum atomic E-state index is 12.6. The van der Waals surface area contributed by atoms with Crippen LogP contribution in [0.2, 0.25) is 0 Å². The molecule has 0 bridgehead atoms. The summed E-state index contributed by atoms with van der Waals surface area (Å²) in [5.74, 6) is -0.505. The average Bonchev–Trinajstić information content (AvgIpc) is 2.81. The normalized spacial score (nSPS) is 18.2. The van der Waals surface area contributed by atoms with Crippen LogP contribution in [0.25, 0.3) is 11.0 Å². The van der Waals surface area contributed by atoms with Crippen molar-refractivity contribution in [2.45, 2.75) is 19.0 Å². The Balaban J connectivity index is 1.74. The minimum absolute atomic E-state index is 0.139. The van der Waals surface area contributed by atoms with Gasteiger partial charge in [0.25, 0.3) is 0 Å². The molecule has 0 unspecified atom stereocenters. The first-order valence-corrected chi connectivity index (χ1v) is 6.34. The van der Waals surface area contributed by atoms with Gasteiger partial charge in [-0.3, -0.25) is 0 Å². The highest BCUT2D eigenvalue weighted by Crippen LogP contribution is 2.36. The summed E-state index contributed by atoms with van der Waals surface area (Å²) < 4.78 is 43.5. The van der Waals surface area contributed by atoms with Crippen molar-refractivity contribution >= 4 is 16.9 Å². The van der Waals surface area contributed by atoms with Crippen molar-refractivity contribution < 1.29 is 17.6 Å². The van der Waals surface area contributed by atoms with Gasteiger partial charge in [0.2, 0.25) is 0 Å². The number of fused-ring (bicyclic) bond motifs is 1. The van der Waals surface area contributed by atoms with Crippen LogP contribution in [-0.2, 0) is 0 Å². The van der Waals surface area contributed by atoms with E-state index in [1.165, 1.54) is 0 Å². The molecule has 2 heterocycles. The third-order valence-corrected chi connectivity index (χ3v) is 3.68. The molecule has 1 aliphatic heterocycles. The molecule has 5 heteroatoms. The third kappa shape index (κ3) is 2.41. The van der Waals surface area contributed by atoms with Crippen molar-refractivity contribution in [2.75, 3.05) is 18.0 Å². The molecule has 0 N–H and O–H groups in total. The van der Waals surface area contributed by atoms with Crippen LogP contribution in [0, 0.1) is 5.92 Å². The largest absolute Gasteiger partial charge is 0.441 e. The molecular weight excluding hydrogens is 255 g/mol. The van der Waals surface area contributed by atoms with Crippen molar-refractivity contribution in [3.63, 3.8) is 0 Å². The number of piperidine rings is 1. The van der Waals surface area contributed by atoms with Gasteiger partial charge >= 0.3 is 6.18 Å². The number of nitrogens with zero attached hydrogens (tertiary/aromatic N) is 1. The number of anilines is 1. The standard InChI is InChI=1S/C14H14F3NO/c15-14(16,17)11-5-7-18(8-6-11)13-9-10-3-1-2-4-12(10)19-13/h1-4,9,11H,5-8H2. The summed E-state index contributed by atoms with van der Waals surface area (Å²) in [5.41, 5.74) is 0.774. The summed E-state index contributed by atoms with van der Waals surface area (Å²) in [6.45, 7) is 0.786. The highest BCUT2D eigenvalue weighted by Gasteiger charge is 2.41. The number of hydrogen-bond acceptors (Lipinski definition) is 2. The fraction of sp³-hybridized carbons (Fsp3) is 0.429. The molecule has 1 aromatic carbocycles. The Morgan fingerprint density at radius 1 is 1.11 bits per heavy atom. The predicted octanol–water partition coefficient (Wildman–Crippen LogP) is 4.21. The van der Waals surface area contributed by atoms with Gasteiger partial charge in [0.05, 0.1) is 5.92 Å². The van der Waals surface area contributed by atoms with Crippen molar-refractivity contribution in [1.29, 1.82) is 0 Å². The summed E-state index contributed by atoms with van der Waals surface area (Å²) >= 11 is 0. The van der Waals surface area contributed by atoms with Gasteiger partial charge in [-0.05, 0) is 18.9 Å². The van der Waals surface area contributed by atoms with E-state index in [0.717, 1.165) is 11.0 Å². The van der Waals surface area contributed by atoms with E-state index in [4.69, 9.17) is 4.42 Å². The monoisotopic (exact) mass is 269 g/mol. The molecule has 0 radical (unpaired) electrons. The summed E-state index contributed by atoms with van der Waals surface area (Å²) in [4.78, 5) is 1.89. The molecule has 1 saturated heterocycles. The highest BCUT2D eigenvalue weighted by atomic mass is 19.4. The van der Waals surface area contributed by atoms with Crippen LogP contribution in [0.4, 0.5) is 19.1 Å². The second-order valence-electron chi connectivity index (χ2n) is 4.93. The smallest absolute Gasteiger partial charge is 0.391 e. The van der Waals surface area contributed by atoms with E-state index in [1.807, 2.05) is 35.2 Å². The molecule has 2 aromatic rings. The number of alkyl halides is 3. The first-order chi connectivity index (χ1) is 9.04. The molecule has 2 nitrogen and oxygen atoms in total. The maximum absolute atomic E-state index is 12.6. The molecule has 0 atom stereocenters. The molecule has 102 valence electrons. The molecule has 3 rings (SSSR count). The van der Waals surface area contributed by atoms with Gasteiger partial charge in [0.1, 0.15) is 5.58 Å². The highest BCUT2D eigenvalue weighted by molar-refractivity contribution is 5.80. The molecule has 0 aliphatic carbocycles. The van der Waals surface area contributed by atoms with Gasteiger partial charge in [-0.25, -0.2) is 0 Å². The van der Waals surface area contributed by atoms with E-state index >= 15 is 0 Å². The molecule has 0 saturated carbocycles. The lowest BCUT2D eigenvalue weighted by Gasteiger charge is -2.32. The lowest BCUT2D eigenvalue weighted by molar-refractivity contribution is -0.179. The third-order valence-electron chi connectivity index (χ3n) is 3.68. The Hall–Kier alpha value is -1.65. The van der Waals surface area contributed by atoms with Gasteiger partial charge in [-0.2, -0.15) is 13.2 Å². The molecule has 1 aliphatic rings. The first kappa shape index (κ1) is 12.4. The minimum Gasteiger partial charge on any atom is -0.441 e. The lowest BCUT2D eigenvalue weighted by atomic mass is 9.96. The Morgan fingerprint density at radius 2 is 1.79 bits per heavy atom. The minimum atomic E-state index is -4.07. The van der Waals surface area contributed by atoms with Crippen LogP contribution in [0.5, 0.6) is 0 Å². The Kier molecular flexibility index (Phi) is 2.92. The van der Waals surface area contributed by atoms with Crippen molar-refractivity contribution in [2.24, 2.45) is 5.92 Å². The number of para-hydroxylation sites is 1. The summed E-state index contributed by atoms with van der Waals surface area (Å²) in [7, 11) is 0. The van der Waals surface area contributed by atoms with Crippen molar-refractivity contribution in [3.05, 3.63) is 30.3 Å². The van der Waals surface area contributed by atoms with E-state index in [0.29, 0.717) is 19.0 Å². The second-order valence-corrected chi connectivity index (χ2v) is 4.93. The van der Waals surface area contributed by atoms with Gasteiger partial charge in [-0.15, -0.1) is 0 Å². The summed E-state index contributed by atoms with van der Waals surface area (Å²) in [5, 5.41) is 0.982. The maximum Gasteiger partial charge on any atom is 0.391 e. The fourth-order valence-electron chi connectivity index (χ4n) is 2.55. The van der Waals surface area contributed by atoms with Crippen LogP contribution >= 0.6 is 0 Å². The summed E-state index contributed by atoms with van der Waals surface area (Å²) in [6.07, 6.45) is -3.79. The zero-order valence-corrected chi connectivity index (χ0v) is 10.3. The number of benzene rings is 1. The van der Waals surface area contributed by atoms with Crippen molar-refractivity contribution in [1.82, 2.24) is 0 Å². The number of furan rings is 1. The van der Waals surface area contributed by atoms with Gasteiger partial charge < -0.3 is 9.32 Å². The van der Waals surface area contributed by atoms with Crippen LogP contribution in [0.15, 0.2) is 34.7 Å². The Labute approximate surface area is 108 Å². The zero-order chi connectivity index (χ0) is 13.5. The molecule has 1 fully saturated rings. The Morgan fingerprint density at radius 3 is 2.42 bits per heavy atom. The van der Waals surface area contributed by atoms with E-state index in [1.54, 1.807) is 0 Å². The van der Waals surface area contributed by atoms with E-state index in [2.05, 4.69) is 0 Å². The SMILES string of the molecule is FC(F)(F)C1CCN(c2cc3ccccc3o2)CC1. The second kappa shape index (κ2) is 4.47. The fourth-order valence-corrected chi connectivity index (χ4v) is 2.55. The topological polar surface area (TPSA) is 16.4 Å². The van der Waals surface area contributed by atoms with Crippen LogP contribution in [-0.4, -0.2) is 19.3 Å².